The molecular weight excluding hydrogens is 366 g/mol. The van der Waals surface area contributed by atoms with Crippen LogP contribution in [0.3, 0.4) is 0 Å². The fourth-order valence-corrected chi connectivity index (χ4v) is 3.54. The molecule has 0 spiro atoms. The first kappa shape index (κ1) is 21.1. The Kier molecular flexibility index (Phi) is 7.90. The van der Waals surface area contributed by atoms with Crippen LogP contribution in [-0.4, -0.2) is 54.8 Å². The van der Waals surface area contributed by atoms with Crippen LogP contribution in [0.2, 0.25) is 0 Å². The number of aryl methyl sites for hydroxylation is 1. The van der Waals surface area contributed by atoms with Gasteiger partial charge in [0.1, 0.15) is 5.75 Å². The Balaban J connectivity index is 1.34. The number of aromatic nitrogens is 2. The first-order chi connectivity index (χ1) is 14.2. The summed E-state index contributed by atoms with van der Waals surface area (Å²) in [6.07, 6.45) is 6.56. The molecule has 29 heavy (non-hydrogen) atoms. The van der Waals surface area contributed by atoms with Gasteiger partial charge >= 0.3 is 0 Å². The minimum absolute atomic E-state index is 0.629. The first-order valence-electron chi connectivity index (χ1n) is 10.6. The maximum absolute atomic E-state index is 5.39. The largest absolute Gasteiger partial charge is 0.497 e. The fourth-order valence-electron chi connectivity index (χ4n) is 3.54. The van der Waals surface area contributed by atoms with Crippen LogP contribution in [0.1, 0.15) is 44.9 Å². The molecule has 1 N–H and O–H groups in total. The van der Waals surface area contributed by atoms with Crippen LogP contribution in [0.15, 0.2) is 33.8 Å². The van der Waals surface area contributed by atoms with Crippen LogP contribution >= 0.6 is 0 Å². The average molecular weight is 400 g/mol. The number of nitrogens with zero attached hydrogens (tertiary/aromatic N) is 4. The zero-order valence-electron chi connectivity index (χ0n) is 17.9. The summed E-state index contributed by atoms with van der Waals surface area (Å²) in [6, 6.07) is 7.68. The van der Waals surface area contributed by atoms with Gasteiger partial charge in [-0.2, -0.15) is 4.98 Å². The van der Waals surface area contributed by atoms with Gasteiger partial charge in [0.05, 0.1) is 7.11 Å². The summed E-state index contributed by atoms with van der Waals surface area (Å²) in [5.74, 6) is 4.01. The second kappa shape index (κ2) is 10.8. The molecule has 1 aliphatic heterocycles. The van der Waals surface area contributed by atoms with E-state index < -0.39 is 0 Å². The summed E-state index contributed by atoms with van der Waals surface area (Å²) in [5, 5.41) is 7.59. The van der Waals surface area contributed by atoms with Crippen LogP contribution in [0.25, 0.3) is 11.4 Å². The van der Waals surface area contributed by atoms with Gasteiger partial charge in [-0.15, -0.1) is 0 Å². The second-order valence-electron chi connectivity index (χ2n) is 7.69. The number of ether oxygens (including phenoxy) is 1. The van der Waals surface area contributed by atoms with Crippen molar-refractivity contribution in [3.05, 3.63) is 30.2 Å². The monoisotopic (exact) mass is 399 g/mol. The highest BCUT2D eigenvalue weighted by Crippen LogP contribution is 2.20. The van der Waals surface area contributed by atoms with Crippen molar-refractivity contribution in [1.82, 2.24) is 20.4 Å². The predicted molar refractivity (Wildman–Crippen MR) is 115 cm³/mol. The standard InChI is InChI=1S/C22H33N5O2/c1-17-12-15-27(16-13-17)22(23-2)24-14-6-4-5-7-20-25-21(26-29-20)18-8-10-19(28-3)11-9-18/h8-11,17H,4-7,12-16H2,1-3H3,(H,23,24). The molecule has 0 aliphatic carbocycles. The molecule has 0 amide bonds. The molecule has 1 fully saturated rings. The van der Waals surface area contributed by atoms with Crippen molar-refractivity contribution in [3.63, 3.8) is 0 Å². The minimum atomic E-state index is 0.629. The van der Waals surface area contributed by atoms with E-state index in [-0.39, 0.29) is 0 Å². The molecule has 1 aromatic heterocycles. The highest BCUT2D eigenvalue weighted by atomic mass is 16.5. The van der Waals surface area contributed by atoms with Gasteiger partial charge in [0.2, 0.25) is 11.7 Å². The van der Waals surface area contributed by atoms with E-state index in [4.69, 9.17) is 9.26 Å². The zero-order valence-corrected chi connectivity index (χ0v) is 17.9. The lowest BCUT2D eigenvalue weighted by Gasteiger charge is -2.32. The lowest BCUT2D eigenvalue weighted by atomic mass is 10.00. The molecule has 158 valence electrons. The molecule has 7 heteroatoms. The fraction of sp³-hybridized carbons (Fsp3) is 0.591. The van der Waals surface area contributed by atoms with Gasteiger partial charge in [0.25, 0.3) is 0 Å². The zero-order chi connectivity index (χ0) is 20.5. The van der Waals surface area contributed by atoms with E-state index in [0.717, 1.165) is 68.5 Å². The summed E-state index contributed by atoms with van der Waals surface area (Å²) in [5.41, 5.74) is 0.934. The van der Waals surface area contributed by atoms with Crippen LogP contribution in [0.5, 0.6) is 5.75 Å². The Labute approximate surface area is 173 Å². The number of nitrogens with one attached hydrogen (secondary N) is 1. The van der Waals surface area contributed by atoms with Crippen molar-refractivity contribution < 1.29 is 9.26 Å². The van der Waals surface area contributed by atoms with E-state index in [9.17, 15) is 0 Å². The van der Waals surface area contributed by atoms with Gasteiger partial charge in [-0.25, -0.2) is 0 Å². The van der Waals surface area contributed by atoms with Crippen LogP contribution in [-0.2, 0) is 6.42 Å². The maximum atomic E-state index is 5.39. The molecule has 2 heterocycles. The van der Waals surface area contributed by atoms with Gasteiger partial charge in [0, 0.05) is 38.7 Å². The van der Waals surface area contributed by atoms with E-state index in [0.29, 0.717) is 11.7 Å². The van der Waals surface area contributed by atoms with E-state index in [1.54, 1.807) is 7.11 Å². The van der Waals surface area contributed by atoms with Crippen LogP contribution < -0.4 is 10.1 Å². The summed E-state index contributed by atoms with van der Waals surface area (Å²) >= 11 is 0. The third-order valence-corrected chi connectivity index (χ3v) is 5.46. The van der Waals surface area contributed by atoms with E-state index in [2.05, 4.69) is 32.3 Å². The van der Waals surface area contributed by atoms with Crippen LogP contribution in [0.4, 0.5) is 0 Å². The summed E-state index contributed by atoms with van der Waals surface area (Å²) < 4.78 is 10.6. The van der Waals surface area contributed by atoms with Crippen molar-refractivity contribution in [2.24, 2.45) is 10.9 Å². The molecule has 0 saturated carbocycles. The smallest absolute Gasteiger partial charge is 0.226 e. The topological polar surface area (TPSA) is 75.8 Å². The number of unbranched alkanes of at least 4 members (excludes halogenated alkanes) is 2. The molecule has 3 rings (SSSR count). The van der Waals surface area contributed by atoms with Crippen LogP contribution in [0, 0.1) is 5.92 Å². The van der Waals surface area contributed by atoms with Gasteiger partial charge in [-0.3, -0.25) is 4.99 Å². The lowest BCUT2D eigenvalue weighted by Crippen LogP contribution is -2.45. The minimum Gasteiger partial charge on any atom is -0.497 e. The number of rotatable bonds is 8. The Morgan fingerprint density at radius 2 is 1.97 bits per heavy atom. The van der Waals surface area contributed by atoms with Gasteiger partial charge in [0.15, 0.2) is 5.96 Å². The lowest BCUT2D eigenvalue weighted by molar-refractivity contribution is 0.273. The van der Waals surface area contributed by atoms with Gasteiger partial charge in [-0.05, 0) is 55.9 Å². The summed E-state index contributed by atoms with van der Waals surface area (Å²) in [6.45, 7) is 5.49. The van der Waals surface area contributed by atoms with E-state index in [1.807, 2.05) is 31.3 Å². The Hall–Kier alpha value is -2.57. The third-order valence-electron chi connectivity index (χ3n) is 5.46. The molecule has 2 aromatic rings. The quantitative estimate of drug-likeness (QED) is 0.414. The summed E-state index contributed by atoms with van der Waals surface area (Å²) in [4.78, 5) is 11.3. The number of methoxy groups -OCH3 is 1. The van der Waals surface area contributed by atoms with Crippen molar-refractivity contribution in [1.29, 1.82) is 0 Å². The SMILES string of the molecule is CN=C(NCCCCCc1nc(-c2ccc(OC)cc2)no1)N1CCC(C)CC1. The number of guanidine groups is 1. The van der Waals surface area contributed by atoms with Crippen molar-refractivity contribution in [2.75, 3.05) is 33.8 Å². The Morgan fingerprint density at radius 1 is 1.21 bits per heavy atom. The number of hydrogen-bond acceptors (Lipinski definition) is 5. The predicted octanol–water partition coefficient (Wildman–Crippen LogP) is 3.77. The number of aliphatic imine (C=N–C) groups is 1. The molecule has 0 unspecified atom stereocenters. The molecule has 7 nitrogen and oxygen atoms in total. The van der Waals surface area contributed by atoms with Gasteiger partial charge < -0.3 is 19.5 Å². The number of benzene rings is 1. The van der Waals surface area contributed by atoms with Crippen molar-refractivity contribution in [3.8, 4) is 17.1 Å². The average Bonchev–Trinajstić information content (AvgIpc) is 3.23. The number of hydrogen-bond donors (Lipinski definition) is 1. The van der Waals surface area contributed by atoms with E-state index >= 15 is 0 Å². The first-order valence-corrected chi connectivity index (χ1v) is 10.6. The Bertz CT molecular complexity index is 764. The maximum Gasteiger partial charge on any atom is 0.226 e. The summed E-state index contributed by atoms with van der Waals surface area (Å²) in [7, 11) is 3.53. The Morgan fingerprint density at radius 3 is 2.66 bits per heavy atom. The van der Waals surface area contributed by atoms with Crippen molar-refractivity contribution >= 4 is 5.96 Å². The molecule has 1 aromatic carbocycles. The third kappa shape index (κ3) is 6.21. The molecule has 0 radical (unpaired) electrons. The number of likely N-dealkylation sites (tertiary alicyclic amines) is 1. The molecule has 1 aliphatic rings. The van der Waals surface area contributed by atoms with Crippen molar-refractivity contribution in [2.45, 2.75) is 45.4 Å². The normalized spacial score (nSPS) is 15.6. The van der Waals surface area contributed by atoms with Gasteiger partial charge in [-0.1, -0.05) is 18.5 Å². The number of piperidine rings is 1. The molecule has 0 atom stereocenters. The highest BCUT2D eigenvalue weighted by molar-refractivity contribution is 5.79. The second-order valence-corrected chi connectivity index (χ2v) is 7.69. The van der Waals surface area contributed by atoms with E-state index in [1.165, 1.54) is 12.8 Å². The molecule has 1 saturated heterocycles. The molecular formula is C22H33N5O2. The molecule has 0 bridgehead atoms. The highest BCUT2D eigenvalue weighted by Gasteiger charge is 2.18.